The highest BCUT2D eigenvalue weighted by molar-refractivity contribution is 6.34. The number of benzene rings is 2. The Bertz CT molecular complexity index is 1030. The van der Waals surface area contributed by atoms with Gasteiger partial charge in [-0.2, -0.15) is 0 Å². The average molecular weight is 369 g/mol. The molecular weight excluding hydrogens is 348 g/mol. The highest BCUT2D eigenvalue weighted by atomic mass is 35.5. The molecule has 1 amide bonds. The number of amides is 1. The number of hydrogen-bond acceptors (Lipinski definition) is 2. The highest BCUT2D eigenvalue weighted by Gasteiger charge is 2.15. The minimum atomic E-state index is -0.304. The van der Waals surface area contributed by atoms with E-state index in [1.165, 1.54) is 0 Å². The van der Waals surface area contributed by atoms with Gasteiger partial charge in [0.1, 0.15) is 0 Å². The van der Waals surface area contributed by atoms with Gasteiger partial charge in [0.2, 0.25) is 0 Å². The lowest BCUT2D eigenvalue weighted by atomic mass is 9.96. The number of carbonyl (C=O) groups is 1. The Balaban J connectivity index is 2.00. The molecular formula is C21H21ClN2O2. The molecule has 0 aliphatic carbocycles. The van der Waals surface area contributed by atoms with Gasteiger partial charge in [-0.15, -0.1) is 0 Å². The van der Waals surface area contributed by atoms with Crippen molar-refractivity contribution in [2.45, 2.75) is 27.3 Å². The van der Waals surface area contributed by atoms with Gasteiger partial charge in [0.15, 0.2) is 0 Å². The molecule has 0 bridgehead atoms. The molecule has 1 aromatic heterocycles. The Hall–Kier alpha value is -2.59. The number of hydrogen-bond donors (Lipinski definition) is 1. The molecule has 2 aromatic carbocycles. The summed E-state index contributed by atoms with van der Waals surface area (Å²) in [5.74, 6) is -0.304. The summed E-state index contributed by atoms with van der Waals surface area (Å²) in [6, 6.07) is 14.1. The molecule has 0 aliphatic heterocycles. The number of fused-ring (bicyclic) bond motifs is 1. The number of carbonyl (C=O) groups excluding carboxylic acids is 1. The van der Waals surface area contributed by atoms with Crippen molar-refractivity contribution in [2.75, 3.05) is 5.32 Å². The minimum absolute atomic E-state index is 0.00656. The molecule has 0 aliphatic rings. The van der Waals surface area contributed by atoms with Crippen molar-refractivity contribution in [3.8, 4) is 0 Å². The van der Waals surface area contributed by atoms with Crippen LogP contribution in [0.1, 0.15) is 31.1 Å². The average Bonchev–Trinajstić information content (AvgIpc) is 2.57. The fourth-order valence-corrected chi connectivity index (χ4v) is 3.12. The highest BCUT2D eigenvalue weighted by Crippen LogP contribution is 2.24. The molecule has 0 atom stereocenters. The van der Waals surface area contributed by atoms with Gasteiger partial charge in [-0.3, -0.25) is 9.59 Å². The number of aromatic nitrogens is 1. The maximum atomic E-state index is 12.8. The van der Waals surface area contributed by atoms with Crippen LogP contribution < -0.4 is 10.9 Å². The number of pyridine rings is 1. The van der Waals surface area contributed by atoms with E-state index in [2.05, 4.69) is 26.1 Å². The molecule has 134 valence electrons. The van der Waals surface area contributed by atoms with Crippen molar-refractivity contribution < 1.29 is 4.79 Å². The first-order chi connectivity index (χ1) is 12.3. The van der Waals surface area contributed by atoms with Crippen LogP contribution in [0.5, 0.6) is 0 Å². The summed E-state index contributed by atoms with van der Waals surface area (Å²) in [6.45, 7) is 6.88. The standard InChI is InChI=1S/C21H21ClN2O2/c1-21(2,3)13-24-12-11-14-15(20(24)26)8-6-10-18(14)23-19(25)16-7-4-5-9-17(16)22/h4-12H,13H2,1-3H3,(H,23,25). The molecule has 0 saturated heterocycles. The van der Waals surface area contributed by atoms with Crippen molar-refractivity contribution >= 4 is 34.0 Å². The summed E-state index contributed by atoms with van der Waals surface area (Å²) in [5.41, 5.74) is 0.916. The second kappa shape index (κ2) is 6.96. The van der Waals surface area contributed by atoms with E-state index in [-0.39, 0.29) is 16.9 Å². The maximum Gasteiger partial charge on any atom is 0.258 e. The van der Waals surface area contributed by atoms with Crippen LogP contribution >= 0.6 is 11.6 Å². The zero-order valence-electron chi connectivity index (χ0n) is 15.0. The summed E-state index contributed by atoms with van der Waals surface area (Å²) < 4.78 is 1.71. The van der Waals surface area contributed by atoms with Gasteiger partial charge < -0.3 is 9.88 Å². The largest absolute Gasteiger partial charge is 0.321 e. The molecule has 0 unspecified atom stereocenters. The first-order valence-electron chi connectivity index (χ1n) is 8.44. The molecule has 0 fully saturated rings. The second-order valence-corrected chi connectivity index (χ2v) is 7.92. The van der Waals surface area contributed by atoms with Crippen LogP contribution in [0.3, 0.4) is 0 Å². The third-order valence-electron chi connectivity index (χ3n) is 4.03. The Kier molecular flexibility index (Phi) is 4.88. The summed E-state index contributed by atoms with van der Waals surface area (Å²) in [4.78, 5) is 25.3. The second-order valence-electron chi connectivity index (χ2n) is 7.51. The lowest BCUT2D eigenvalue weighted by Gasteiger charge is -2.20. The zero-order valence-corrected chi connectivity index (χ0v) is 15.8. The summed E-state index contributed by atoms with van der Waals surface area (Å²) in [6.07, 6.45) is 1.78. The number of rotatable bonds is 3. The van der Waals surface area contributed by atoms with Gasteiger partial charge >= 0.3 is 0 Å². The van der Waals surface area contributed by atoms with E-state index in [4.69, 9.17) is 11.6 Å². The van der Waals surface area contributed by atoms with Crippen LogP contribution in [-0.2, 0) is 6.54 Å². The normalized spacial score (nSPS) is 11.5. The Morgan fingerprint density at radius 3 is 2.46 bits per heavy atom. The summed E-state index contributed by atoms with van der Waals surface area (Å²) >= 11 is 6.10. The third kappa shape index (κ3) is 3.81. The number of nitrogens with one attached hydrogen (secondary N) is 1. The van der Waals surface area contributed by atoms with Gasteiger partial charge in [-0.05, 0) is 35.7 Å². The fourth-order valence-electron chi connectivity index (χ4n) is 2.90. The molecule has 3 aromatic rings. The van der Waals surface area contributed by atoms with Crippen molar-refractivity contribution in [1.82, 2.24) is 4.57 Å². The van der Waals surface area contributed by atoms with Crippen LogP contribution in [0.25, 0.3) is 10.8 Å². The van der Waals surface area contributed by atoms with E-state index in [0.717, 1.165) is 0 Å². The van der Waals surface area contributed by atoms with Crippen LogP contribution in [0.15, 0.2) is 59.5 Å². The van der Waals surface area contributed by atoms with E-state index in [0.29, 0.717) is 33.6 Å². The minimum Gasteiger partial charge on any atom is -0.321 e. The predicted octanol–water partition coefficient (Wildman–Crippen LogP) is 4.95. The quantitative estimate of drug-likeness (QED) is 0.710. The topological polar surface area (TPSA) is 51.1 Å². The van der Waals surface area contributed by atoms with Gasteiger partial charge in [-0.1, -0.05) is 50.6 Å². The van der Waals surface area contributed by atoms with Gasteiger partial charge in [0.05, 0.1) is 10.6 Å². The van der Waals surface area contributed by atoms with Crippen LogP contribution in [0.4, 0.5) is 5.69 Å². The molecule has 0 radical (unpaired) electrons. The molecule has 3 rings (SSSR count). The van der Waals surface area contributed by atoms with Crippen molar-refractivity contribution in [2.24, 2.45) is 5.41 Å². The monoisotopic (exact) mass is 368 g/mol. The third-order valence-corrected chi connectivity index (χ3v) is 4.36. The smallest absolute Gasteiger partial charge is 0.258 e. The van der Waals surface area contributed by atoms with E-state index in [9.17, 15) is 9.59 Å². The fraction of sp³-hybridized carbons (Fsp3) is 0.238. The van der Waals surface area contributed by atoms with Crippen LogP contribution in [0.2, 0.25) is 5.02 Å². The van der Waals surface area contributed by atoms with Crippen molar-refractivity contribution in [1.29, 1.82) is 0 Å². The van der Waals surface area contributed by atoms with Gasteiger partial charge in [0.25, 0.3) is 11.5 Å². The van der Waals surface area contributed by atoms with Gasteiger partial charge in [-0.25, -0.2) is 0 Å². The SMILES string of the molecule is CC(C)(C)Cn1ccc2c(NC(=O)c3ccccc3Cl)cccc2c1=O. The molecule has 1 N–H and O–H groups in total. The zero-order chi connectivity index (χ0) is 18.9. The molecule has 0 saturated carbocycles. The molecule has 4 nitrogen and oxygen atoms in total. The summed E-state index contributed by atoms with van der Waals surface area (Å²) in [7, 11) is 0. The van der Waals surface area contributed by atoms with E-state index in [1.54, 1.807) is 53.2 Å². The summed E-state index contributed by atoms with van der Waals surface area (Å²) in [5, 5.41) is 4.54. The molecule has 0 spiro atoms. The predicted molar refractivity (Wildman–Crippen MR) is 107 cm³/mol. The lowest BCUT2D eigenvalue weighted by molar-refractivity contribution is 0.102. The lowest BCUT2D eigenvalue weighted by Crippen LogP contribution is -2.26. The first kappa shape index (κ1) is 18.2. The Morgan fingerprint density at radius 2 is 1.77 bits per heavy atom. The first-order valence-corrected chi connectivity index (χ1v) is 8.82. The maximum absolute atomic E-state index is 12.8. The Morgan fingerprint density at radius 1 is 1.04 bits per heavy atom. The number of halogens is 1. The molecule has 26 heavy (non-hydrogen) atoms. The number of nitrogens with zero attached hydrogens (tertiary/aromatic N) is 1. The van der Waals surface area contributed by atoms with Gasteiger partial charge in [0, 0.05) is 29.2 Å². The van der Waals surface area contributed by atoms with Crippen molar-refractivity contribution in [3.63, 3.8) is 0 Å². The van der Waals surface area contributed by atoms with Crippen LogP contribution in [-0.4, -0.2) is 10.5 Å². The van der Waals surface area contributed by atoms with E-state index < -0.39 is 0 Å². The van der Waals surface area contributed by atoms with E-state index in [1.807, 2.05) is 6.07 Å². The van der Waals surface area contributed by atoms with Crippen LogP contribution in [0, 0.1) is 5.41 Å². The molecule has 1 heterocycles. The Labute approximate surface area is 157 Å². The molecule has 5 heteroatoms. The number of anilines is 1. The van der Waals surface area contributed by atoms with E-state index >= 15 is 0 Å². The van der Waals surface area contributed by atoms with Crippen molar-refractivity contribution in [3.05, 3.63) is 75.7 Å².